The summed E-state index contributed by atoms with van der Waals surface area (Å²) >= 11 is 6.81. The van der Waals surface area contributed by atoms with Gasteiger partial charge in [-0.3, -0.25) is 18.9 Å². The maximum Gasteiger partial charge on any atom is 0.267 e. The minimum Gasteiger partial charge on any atom is -0.372 e. The average Bonchev–Trinajstić information content (AvgIpc) is 3.12. The molecule has 35 heavy (non-hydrogen) atoms. The van der Waals surface area contributed by atoms with Crippen LogP contribution in [-0.2, 0) is 9.53 Å². The zero-order valence-corrected chi connectivity index (χ0v) is 21.4. The number of anilines is 1. The summed E-state index contributed by atoms with van der Waals surface area (Å²) < 4.78 is 7.88. The molecule has 1 amide bonds. The Bertz CT molecular complexity index is 1380. The number of benzene rings is 1. The van der Waals surface area contributed by atoms with Gasteiger partial charge in [0.05, 0.1) is 28.7 Å². The molecule has 0 radical (unpaired) electrons. The van der Waals surface area contributed by atoms with Crippen molar-refractivity contribution in [1.82, 2.24) is 14.3 Å². The molecule has 0 saturated carbocycles. The Balaban J connectivity index is 1.59. The Morgan fingerprint density at radius 2 is 1.77 bits per heavy atom. The summed E-state index contributed by atoms with van der Waals surface area (Å²) in [6, 6.07) is 15.0. The molecule has 2 aliphatic heterocycles. The fourth-order valence-electron chi connectivity index (χ4n) is 4.63. The first-order chi connectivity index (χ1) is 16.8. The topological polar surface area (TPSA) is 67.2 Å². The summed E-state index contributed by atoms with van der Waals surface area (Å²) in [5.74, 6) is 0.355. The number of carbonyl (C=O) groups excluding carboxylic acids is 1. The number of pyridine rings is 1. The van der Waals surface area contributed by atoms with Crippen LogP contribution >= 0.6 is 24.0 Å². The lowest BCUT2D eigenvalue weighted by Gasteiger charge is -2.36. The molecular weight excluding hydrogens is 480 g/mol. The van der Waals surface area contributed by atoms with Gasteiger partial charge in [-0.15, -0.1) is 0 Å². The number of rotatable bonds is 4. The summed E-state index contributed by atoms with van der Waals surface area (Å²) in [5.41, 5.74) is 1.71. The van der Waals surface area contributed by atoms with Gasteiger partial charge in [-0.1, -0.05) is 60.4 Å². The lowest BCUT2D eigenvalue weighted by molar-refractivity contribution is -0.123. The van der Waals surface area contributed by atoms with Gasteiger partial charge in [0.25, 0.3) is 11.5 Å². The van der Waals surface area contributed by atoms with Crippen LogP contribution < -0.4 is 10.5 Å². The number of ether oxygens (including phenoxy) is 1. The molecule has 3 atom stereocenters. The molecule has 0 spiro atoms. The van der Waals surface area contributed by atoms with Crippen LogP contribution in [0.4, 0.5) is 5.82 Å². The number of aromatic nitrogens is 2. The van der Waals surface area contributed by atoms with Crippen molar-refractivity contribution >= 4 is 51.7 Å². The van der Waals surface area contributed by atoms with Gasteiger partial charge in [-0.05, 0) is 44.5 Å². The molecule has 2 aliphatic rings. The van der Waals surface area contributed by atoms with Crippen LogP contribution in [-0.4, -0.2) is 49.8 Å². The second-order valence-electron chi connectivity index (χ2n) is 8.88. The van der Waals surface area contributed by atoms with Crippen LogP contribution in [0.3, 0.4) is 0 Å². The molecule has 4 heterocycles. The molecule has 7 nitrogen and oxygen atoms in total. The Morgan fingerprint density at radius 1 is 1.09 bits per heavy atom. The fraction of sp³-hybridized carbons (Fsp3) is 0.308. The van der Waals surface area contributed by atoms with Crippen molar-refractivity contribution in [1.29, 1.82) is 0 Å². The molecule has 0 N–H and O–H groups in total. The van der Waals surface area contributed by atoms with Gasteiger partial charge in [0.1, 0.15) is 15.8 Å². The fourth-order valence-corrected chi connectivity index (χ4v) is 6.03. The van der Waals surface area contributed by atoms with E-state index in [4.69, 9.17) is 21.9 Å². The summed E-state index contributed by atoms with van der Waals surface area (Å²) in [4.78, 5) is 36.1. The van der Waals surface area contributed by atoms with Crippen molar-refractivity contribution < 1.29 is 9.53 Å². The van der Waals surface area contributed by atoms with E-state index in [0.29, 0.717) is 39.3 Å². The van der Waals surface area contributed by atoms with Crippen LogP contribution in [0.2, 0.25) is 0 Å². The zero-order valence-electron chi connectivity index (χ0n) is 19.7. The molecule has 3 unspecified atom stereocenters. The van der Waals surface area contributed by atoms with E-state index in [1.807, 2.05) is 63.2 Å². The summed E-state index contributed by atoms with van der Waals surface area (Å²) in [6.07, 6.45) is 3.34. The predicted molar refractivity (Wildman–Crippen MR) is 144 cm³/mol. The molecule has 180 valence electrons. The van der Waals surface area contributed by atoms with Gasteiger partial charge < -0.3 is 9.64 Å². The molecule has 2 fully saturated rings. The predicted octanol–water partition coefficient (Wildman–Crippen LogP) is 4.27. The van der Waals surface area contributed by atoms with Gasteiger partial charge in [0.2, 0.25) is 0 Å². The largest absolute Gasteiger partial charge is 0.372 e. The maximum atomic E-state index is 13.6. The van der Waals surface area contributed by atoms with E-state index in [1.165, 1.54) is 16.2 Å². The molecule has 2 aromatic heterocycles. The highest BCUT2D eigenvalue weighted by molar-refractivity contribution is 8.26. The smallest absolute Gasteiger partial charge is 0.267 e. The highest BCUT2D eigenvalue weighted by Gasteiger charge is 2.37. The summed E-state index contributed by atoms with van der Waals surface area (Å²) in [5, 5.41) is 0. The van der Waals surface area contributed by atoms with Crippen LogP contribution in [0.1, 0.15) is 37.9 Å². The van der Waals surface area contributed by atoms with Gasteiger partial charge >= 0.3 is 0 Å². The van der Waals surface area contributed by atoms with Crippen molar-refractivity contribution in [3.63, 3.8) is 0 Å². The Morgan fingerprint density at radius 3 is 2.49 bits per heavy atom. The summed E-state index contributed by atoms with van der Waals surface area (Å²) in [6.45, 7) is 7.18. The first-order valence-electron chi connectivity index (χ1n) is 11.6. The van der Waals surface area contributed by atoms with Crippen LogP contribution in [0, 0.1) is 0 Å². The highest BCUT2D eigenvalue weighted by atomic mass is 32.2. The number of thioether (sulfide) groups is 1. The van der Waals surface area contributed by atoms with E-state index in [2.05, 4.69) is 4.90 Å². The third-order valence-electron chi connectivity index (χ3n) is 6.24. The highest BCUT2D eigenvalue weighted by Crippen LogP contribution is 2.38. The number of nitrogens with zero attached hydrogens (tertiary/aromatic N) is 4. The van der Waals surface area contributed by atoms with E-state index in [9.17, 15) is 9.59 Å². The van der Waals surface area contributed by atoms with Crippen LogP contribution in [0.15, 0.2) is 64.4 Å². The second kappa shape index (κ2) is 9.56. The van der Waals surface area contributed by atoms with E-state index in [1.54, 1.807) is 23.2 Å². The second-order valence-corrected chi connectivity index (χ2v) is 10.6. The Kier molecular flexibility index (Phi) is 6.48. The number of hydrogen-bond donors (Lipinski definition) is 0. The lowest BCUT2D eigenvalue weighted by Crippen LogP contribution is -2.46. The van der Waals surface area contributed by atoms with Gasteiger partial charge in [-0.25, -0.2) is 4.98 Å². The van der Waals surface area contributed by atoms with Crippen LogP contribution in [0.25, 0.3) is 11.7 Å². The molecule has 9 heteroatoms. The monoisotopic (exact) mass is 506 g/mol. The van der Waals surface area contributed by atoms with Crippen molar-refractivity contribution in [2.75, 3.05) is 18.0 Å². The van der Waals surface area contributed by atoms with Crippen molar-refractivity contribution in [3.8, 4) is 0 Å². The van der Waals surface area contributed by atoms with E-state index in [0.717, 1.165) is 5.56 Å². The molecule has 1 aromatic carbocycles. The molecule has 3 aromatic rings. The maximum absolute atomic E-state index is 13.6. The minimum atomic E-state index is -0.223. The number of carbonyl (C=O) groups is 1. The normalized spacial score (nSPS) is 22.9. The van der Waals surface area contributed by atoms with Crippen molar-refractivity contribution in [2.24, 2.45) is 0 Å². The van der Waals surface area contributed by atoms with E-state index < -0.39 is 0 Å². The summed E-state index contributed by atoms with van der Waals surface area (Å²) in [7, 11) is 0. The quantitative estimate of drug-likeness (QED) is 0.387. The number of morpholine rings is 1. The minimum absolute atomic E-state index is 0.00689. The van der Waals surface area contributed by atoms with Crippen molar-refractivity contribution in [3.05, 3.63) is 81.1 Å². The first kappa shape index (κ1) is 23.7. The van der Waals surface area contributed by atoms with E-state index >= 15 is 0 Å². The van der Waals surface area contributed by atoms with Gasteiger partial charge in [0.15, 0.2) is 0 Å². The molecule has 5 rings (SSSR count). The average molecular weight is 507 g/mol. The number of fused-ring (bicyclic) bond motifs is 1. The van der Waals surface area contributed by atoms with Gasteiger partial charge in [-0.2, -0.15) is 0 Å². The first-order valence-corrected chi connectivity index (χ1v) is 12.8. The molecule has 0 aliphatic carbocycles. The van der Waals surface area contributed by atoms with Gasteiger partial charge in [0, 0.05) is 19.3 Å². The van der Waals surface area contributed by atoms with E-state index in [-0.39, 0.29) is 29.7 Å². The Hall–Kier alpha value is -3.01. The number of hydrogen-bond acceptors (Lipinski definition) is 7. The third-order valence-corrected chi connectivity index (χ3v) is 7.57. The Labute approximate surface area is 213 Å². The number of thiocarbonyl (C=S) groups is 1. The third kappa shape index (κ3) is 4.51. The molecule has 2 saturated heterocycles. The van der Waals surface area contributed by atoms with Crippen molar-refractivity contribution in [2.45, 2.75) is 39.0 Å². The molecular formula is C26H26N4O3S2. The zero-order chi connectivity index (χ0) is 24.7. The number of amides is 1. The standard InChI is InChI=1S/C26H26N4O3S2/c1-16-14-28(15-17(2)33-16)23-20(24(31)29-12-8-7-11-22(29)27-23)13-21-25(32)30(26(34)35-21)18(3)19-9-5-4-6-10-19/h4-13,16-18H,14-15H2,1-3H3/b21-13+. The lowest BCUT2D eigenvalue weighted by atomic mass is 10.1. The SMILES string of the molecule is CC1CN(c2nc3ccccn3c(=O)c2/C=C2/SC(=S)N(C(C)c3ccccc3)C2=O)CC(C)O1. The van der Waals surface area contributed by atoms with Crippen LogP contribution in [0.5, 0.6) is 0 Å². The molecule has 0 bridgehead atoms.